The zero-order valence-electron chi connectivity index (χ0n) is 5.32. The Labute approximate surface area is 68.1 Å². The van der Waals surface area contributed by atoms with E-state index in [4.69, 9.17) is 4.74 Å². The van der Waals surface area contributed by atoms with Crippen molar-refractivity contribution in [3.8, 4) is 0 Å². The smallest absolute Gasteiger partial charge is 0.312 e. The van der Waals surface area contributed by atoms with Crippen molar-refractivity contribution in [3.05, 3.63) is 0 Å². The van der Waals surface area contributed by atoms with E-state index in [-0.39, 0.29) is 11.4 Å². The minimum absolute atomic E-state index is 0.0306. The van der Waals surface area contributed by atoms with Crippen LogP contribution in [0, 0.1) is 5.41 Å². The third kappa shape index (κ3) is 1.56. The second-order valence-corrected chi connectivity index (χ2v) is 3.22. The van der Waals surface area contributed by atoms with E-state index in [2.05, 4.69) is 0 Å². The lowest BCUT2D eigenvalue weighted by Gasteiger charge is -2.04. The second-order valence-electron chi connectivity index (χ2n) is 2.60. The number of rotatable bonds is 2. The highest BCUT2D eigenvalue weighted by Gasteiger charge is 2.46. The molecule has 9 heavy (non-hydrogen) atoms. The molecule has 0 unspecified atom stereocenters. The molecule has 1 rings (SSSR count). The number of carbonyl (C=O) groups is 1. The van der Waals surface area contributed by atoms with Crippen LogP contribution in [0.5, 0.6) is 0 Å². The van der Waals surface area contributed by atoms with Gasteiger partial charge in [0.05, 0.1) is 5.41 Å². The van der Waals surface area contributed by atoms with E-state index in [1.54, 1.807) is 0 Å². The largest absolute Gasteiger partial charge is 0.455 e. The monoisotopic (exact) mass is 240 g/mol. The lowest BCUT2D eigenvalue weighted by molar-refractivity contribution is -0.146. The van der Waals surface area contributed by atoms with Gasteiger partial charge in [-0.05, 0) is 42.4 Å². The van der Waals surface area contributed by atoms with E-state index >= 15 is 0 Å². The molecule has 0 amide bonds. The van der Waals surface area contributed by atoms with Crippen LogP contribution in [0.3, 0.4) is 0 Å². The Bertz CT molecular complexity index is 129. The van der Waals surface area contributed by atoms with Crippen molar-refractivity contribution in [1.82, 2.24) is 0 Å². The Morgan fingerprint density at radius 2 is 2.33 bits per heavy atom. The van der Waals surface area contributed by atoms with Crippen LogP contribution in [0.4, 0.5) is 0 Å². The quantitative estimate of drug-likeness (QED) is 0.417. The average Bonchev–Trinajstić information content (AvgIpc) is 2.50. The molecule has 0 aromatic heterocycles. The van der Waals surface area contributed by atoms with E-state index in [9.17, 15) is 4.79 Å². The molecule has 1 fully saturated rings. The van der Waals surface area contributed by atoms with Gasteiger partial charge in [-0.2, -0.15) is 0 Å². The number of halogens is 1. The van der Waals surface area contributed by atoms with Gasteiger partial charge in [-0.15, -0.1) is 0 Å². The molecule has 52 valence electrons. The highest BCUT2D eigenvalue weighted by atomic mass is 127. The summed E-state index contributed by atoms with van der Waals surface area (Å²) in [6.07, 6.45) is 2.00. The van der Waals surface area contributed by atoms with Crippen LogP contribution in [0.15, 0.2) is 0 Å². The SMILES string of the molecule is CC1(C(=O)OCI)CC1. The highest BCUT2D eigenvalue weighted by Crippen LogP contribution is 2.45. The van der Waals surface area contributed by atoms with Crippen molar-refractivity contribution < 1.29 is 9.53 Å². The molecule has 0 radical (unpaired) electrons. The molecule has 0 atom stereocenters. The summed E-state index contributed by atoms with van der Waals surface area (Å²) in [7, 11) is 0. The van der Waals surface area contributed by atoms with E-state index in [0.717, 1.165) is 12.8 Å². The molecule has 2 nitrogen and oxygen atoms in total. The number of hydrogen-bond acceptors (Lipinski definition) is 2. The summed E-state index contributed by atoms with van der Waals surface area (Å²) < 4.78 is 5.29. The molecule has 0 aliphatic heterocycles. The van der Waals surface area contributed by atoms with E-state index in [1.165, 1.54) is 0 Å². The number of alkyl halides is 1. The van der Waals surface area contributed by atoms with Crippen molar-refractivity contribution >= 4 is 28.6 Å². The molecule has 0 bridgehead atoms. The van der Waals surface area contributed by atoms with Gasteiger partial charge in [0.1, 0.15) is 4.61 Å². The molecule has 0 aromatic rings. The summed E-state index contributed by atoms with van der Waals surface area (Å²) in [6.45, 7) is 1.95. The maximum atomic E-state index is 10.9. The lowest BCUT2D eigenvalue weighted by Crippen LogP contribution is -2.14. The average molecular weight is 240 g/mol. The predicted molar refractivity (Wildman–Crippen MR) is 42.3 cm³/mol. The second kappa shape index (κ2) is 2.44. The fourth-order valence-electron chi connectivity index (χ4n) is 0.615. The minimum atomic E-state index is -0.106. The number of hydrogen-bond donors (Lipinski definition) is 0. The van der Waals surface area contributed by atoms with Crippen molar-refractivity contribution in [3.63, 3.8) is 0 Å². The third-order valence-electron chi connectivity index (χ3n) is 1.68. The van der Waals surface area contributed by atoms with Gasteiger partial charge in [0.25, 0.3) is 0 Å². The molecule has 0 spiro atoms. The van der Waals surface area contributed by atoms with Gasteiger partial charge in [-0.1, -0.05) is 0 Å². The third-order valence-corrected chi connectivity index (χ3v) is 1.99. The van der Waals surface area contributed by atoms with Crippen LogP contribution in [0.1, 0.15) is 19.8 Å². The van der Waals surface area contributed by atoms with Crippen LogP contribution in [-0.2, 0) is 9.53 Å². The van der Waals surface area contributed by atoms with Gasteiger partial charge >= 0.3 is 5.97 Å². The summed E-state index contributed by atoms with van der Waals surface area (Å²) in [4.78, 5) is 10.9. The number of carbonyl (C=O) groups excluding carboxylic acids is 1. The molecule has 1 aliphatic rings. The van der Waals surface area contributed by atoms with Gasteiger partial charge in [0, 0.05) is 0 Å². The summed E-state index contributed by atoms with van der Waals surface area (Å²) in [5, 5.41) is 0. The maximum absolute atomic E-state index is 10.9. The zero-order valence-corrected chi connectivity index (χ0v) is 7.47. The first-order valence-corrected chi connectivity index (χ1v) is 4.45. The van der Waals surface area contributed by atoms with Crippen molar-refractivity contribution in [2.75, 3.05) is 4.61 Å². The Morgan fingerprint density at radius 3 is 2.67 bits per heavy atom. The highest BCUT2D eigenvalue weighted by molar-refractivity contribution is 14.1. The first-order valence-electron chi connectivity index (χ1n) is 2.92. The maximum Gasteiger partial charge on any atom is 0.312 e. The van der Waals surface area contributed by atoms with Crippen molar-refractivity contribution in [2.24, 2.45) is 5.41 Å². The molecule has 0 N–H and O–H groups in total. The van der Waals surface area contributed by atoms with Crippen LogP contribution in [0.2, 0.25) is 0 Å². The molecule has 0 aromatic carbocycles. The lowest BCUT2D eigenvalue weighted by atomic mass is 10.1. The van der Waals surface area contributed by atoms with Crippen LogP contribution < -0.4 is 0 Å². The molecular weight excluding hydrogens is 231 g/mol. The number of ether oxygens (including phenoxy) is 1. The molecule has 3 heteroatoms. The number of esters is 1. The van der Waals surface area contributed by atoms with Gasteiger partial charge in [-0.3, -0.25) is 4.79 Å². The van der Waals surface area contributed by atoms with Crippen LogP contribution >= 0.6 is 22.6 Å². The van der Waals surface area contributed by atoms with E-state index in [1.807, 2.05) is 29.5 Å². The molecule has 1 saturated carbocycles. The molecule has 1 aliphatic carbocycles. The first kappa shape index (κ1) is 7.31. The van der Waals surface area contributed by atoms with Crippen LogP contribution in [-0.4, -0.2) is 10.6 Å². The summed E-state index contributed by atoms with van der Waals surface area (Å²) >= 11 is 2.03. The Kier molecular flexibility index (Phi) is 1.98. The fourth-order valence-corrected chi connectivity index (χ4v) is 0.898. The minimum Gasteiger partial charge on any atom is -0.455 e. The molecule has 0 saturated heterocycles. The first-order chi connectivity index (χ1) is 4.19. The summed E-state index contributed by atoms with van der Waals surface area (Å²) in [5.74, 6) is -0.0306. The van der Waals surface area contributed by atoms with Crippen molar-refractivity contribution in [1.29, 1.82) is 0 Å². The van der Waals surface area contributed by atoms with E-state index < -0.39 is 0 Å². The standard InChI is InChI=1S/C6H9IO2/c1-6(2-3-6)5(8)9-4-7/h2-4H2,1H3. The van der Waals surface area contributed by atoms with Crippen LogP contribution in [0.25, 0.3) is 0 Å². The van der Waals surface area contributed by atoms with Gasteiger partial charge < -0.3 is 4.74 Å². The van der Waals surface area contributed by atoms with Gasteiger partial charge in [0.2, 0.25) is 0 Å². The van der Waals surface area contributed by atoms with Crippen molar-refractivity contribution in [2.45, 2.75) is 19.8 Å². The zero-order chi connectivity index (χ0) is 6.91. The fraction of sp³-hybridized carbons (Fsp3) is 0.833. The summed E-state index contributed by atoms with van der Waals surface area (Å²) in [5.41, 5.74) is -0.106. The molecule has 0 heterocycles. The Morgan fingerprint density at radius 1 is 1.78 bits per heavy atom. The Hall–Kier alpha value is 0.200. The van der Waals surface area contributed by atoms with E-state index in [0.29, 0.717) is 4.61 Å². The Balaban J connectivity index is 2.34. The summed E-state index contributed by atoms with van der Waals surface area (Å²) in [6, 6.07) is 0. The van der Waals surface area contributed by atoms with Gasteiger partial charge in [0.15, 0.2) is 0 Å². The normalized spacial score (nSPS) is 21.1. The topological polar surface area (TPSA) is 26.3 Å². The molecular formula is C6H9IO2. The predicted octanol–water partition coefficient (Wildman–Crippen LogP) is 1.72. The van der Waals surface area contributed by atoms with Gasteiger partial charge in [-0.25, -0.2) is 0 Å².